The molecule has 1 aromatic carbocycles. The molecule has 59 heavy (non-hydrogen) atoms. The van der Waals surface area contributed by atoms with Gasteiger partial charge in [0.05, 0.1) is 28.7 Å². The first-order valence-corrected chi connectivity index (χ1v) is 21.1. The summed E-state index contributed by atoms with van der Waals surface area (Å²) in [5.41, 5.74) is 4.38. The summed E-state index contributed by atoms with van der Waals surface area (Å²) in [5.74, 6) is 1.77. The summed E-state index contributed by atoms with van der Waals surface area (Å²) in [5, 5.41) is 12.0. The summed E-state index contributed by atoms with van der Waals surface area (Å²) >= 11 is 0. The van der Waals surface area contributed by atoms with Crippen LogP contribution in [0.25, 0.3) is 21.9 Å². The normalized spacial score (nSPS) is 18.7. The Hall–Kier alpha value is -5.90. The molecule has 4 aliphatic rings. The maximum absolute atomic E-state index is 13.6. The molecule has 9 rings (SSSR count). The Morgan fingerprint density at radius 3 is 2.37 bits per heavy atom. The minimum absolute atomic E-state index is 0.0208. The van der Waals surface area contributed by atoms with E-state index in [9.17, 15) is 19.2 Å². The molecule has 4 aromatic heterocycles. The largest absolute Gasteiger partial charge is 0.370 e. The van der Waals surface area contributed by atoms with Crippen LogP contribution in [0.3, 0.4) is 0 Å². The molecular weight excluding hydrogens is 749 g/mol. The van der Waals surface area contributed by atoms with Gasteiger partial charge in [-0.3, -0.25) is 38.7 Å². The third-order valence-corrected chi connectivity index (χ3v) is 12.9. The van der Waals surface area contributed by atoms with Gasteiger partial charge in [0.25, 0.3) is 5.56 Å². The first kappa shape index (κ1) is 38.6. The number of pyridine rings is 2. The standard InChI is InChI=1S/C43H52N12O4/c1-27-33-26-45-42(48-39(33)55(30-7-4-5-8-30)41(58)37(27)28(2)56)46-35-12-11-31(25-44-35)52-23-21-51(22-24-52)17-13-29-14-18-53(19-15-29)34-10-6-9-32-38(34)50(3)49-40(32)54-20-16-36(57)47-43(54)59/h6,9-12,25-26,29-30H,4-5,7-8,13-24H2,1-3H3,(H,47,57,59)(H,44,45,46,48). The maximum Gasteiger partial charge on any atom is 0.329 e. The third kappa shape index (κ3) is 7.49. The van der Waals surface area contributed by atoms with E-state index in [2.05, 4.69) is 42.5 Å². The van der Waals surface area contributed by atoms with Crippen molar-refractivity contribution in [3.05, 3.63) is 64.2 Å². The lowest BCUT2D eigenvalue weighted by atomic mass is 9.92. The molecule has 1 aliphatic carbocycles. The van der Waals surface area contributed by atoms with Crippen molar-refractivity contribution in [3.8, 4) is 0 Å². The predicted octanol–water partition coefficient (Wildman–Crippen LogP) is 5.32. The molecule has 3 saturated heterocycles. The number of piperazine rings is 1. The summed E-state index contributed by atoms with van der Waals surface area (Å²) in [7, 11) is 1.92. The summed E-state index contributed by atoms with van der Waals surface area (Å²) in [4.78, 5) is 73.5. The maximum atomic E-state index is 13.6. The highest BCUT2D eigenvalue weighted by atomic mass is 16.2. The van der Waals surface area contributed by atoms with Crippen LogP contribution in [0.2, 0.25) is 0 Å². The number of hydrogen-bond acceptors (Lipinski definition) is 12. The van der Waals surface area contributed by atoms with Crippen LogP contribution in [0.4, 0.5) is 33.8 Å². The fourth-order valence-electron chi connectivity index (χ4n) is 9.65. The summed E-state index contributed by atoms with van der Waals surface area (Å²) in [6.45, 7) is 10.5. The lowest BCUT2D eigenvalue weighted by Gasteiger charge is -2.38. The predicted molar refractivity (Wildman–Crippen MR) is 228 cm³/mol. The van der Waals surface area contributed by atoms with Crippen LogP contribution in [0, 0.1) is 12.8 Å². The second kappa shape index (κ2) is 16.0. The number of carbonyl (C=O) groups excluding carboxylic acids is 3. The Labute approximate surface area is 342 Å². The number of Topliss-reactive ketones (excluding diaryl/α,β-unsaturated/α-hetero) is 1. The zero-order valence-electron chi connectivity index (χ0n) is 34.1. The van der Waals surface area contributed by atoms with Gasteiger partial charge in [0.1, 0.15) is 11.5 Å². The number of aromatic nitrogens is 6. The van der Waals surface area contributed by atoms with Crippen molar-refractivity contribution < 1.29 is 14.4 Å². The molecule has 0 spiro atoms. The van der Waals surface area contributed by atoms with Crippen molar-refractivity contribution >= 4 is 68.6 Å². The Morgan fingerprint density at radius 2 is 1.66 bits per heavy atom. The molecule has 5 aromatic rings. The summed E-state index contributed by atoms with van der Waals surface area (Å²) in [6, 6.07) is 9.82. The van der Waals surface area contributed by atoms with Crippen LogP contribution >= 0.6 is 0 Å². The third-order valence-electron chi connectivity index (χ3n) is 12.9. The van der Waals surface area contributed by atoms with Crippen molar-refractivity contribution in [2.45, 2.75) is 71.3 Å². The molecule has 0 bridgehead atoms. The van der Waals surface area contributed by atoms with E-state index in [1.54, 1.807) is 22.6 Å². The highest BCUT2D eigenvalue weighted by molar-refractivity contribution is 6.10. The quantitative estimate of drug-likeness (QED) is 0.175. The Kier molecular flexibility index (Phi) is 10.5. The second-order valence-electron chi connectivity index (χ2n) is 16.6. The van der Waals surface area contributed by atoms with E-state index < -0.39 is 6.03 Å². The van der Waals surface area contributed by atoms with Crippen LogP contribution in [-0.2, 0) is 11.8 Å². The molecule has 0 radical (unpaired) electrons. The summed E-state index contributed by atoms with van der Waals surface area (Å²) in [6.07, 6.45) is 11.2. The lowest BCUT2D eigenvalue weighted by molar-refractivity contribution is -0.120. The number of benzene rings is 1. The van der Waals surface area contributed by atoms with Gasteiger partial charge in [0.15, 0.2) is 11.6 Å². The van der Waals surface area contributed by atoms with Crippen LogP contribution in [0.5, 0.6) is 0 Å². The Bertz CT molecular complexity index is 2470. The smallest absolute Gasteiger partial charge is 0.329 e. The number of ketones is 1. The van der Waals surface area contributed by atoms with E-state index >= 15 is 0 Å². The molecule has 4 fully saturated rings. The fourth-order valence-corrected chi connectivity index (χ4v) is 9.65. The molecule has 16 heteroatoms. The van der Waals surface area contributed by atoms with Crippen LogP contribution < -0.4 is 30.9 Å². The average Bonchev–Trinajstić information content (AvgIpc) is 3.89. The SMILES string of the molecule is CC(=O)c1c(C)c2cnc(Nc3ccc(N4CCN(CCC5CCN(c6cccc7c(N8CCC(=O)NC8=O)nn(C)c67)CC5)CC4)cn3)nc2n(C2CCCC2)c1=O. The number of fused-ring (bicyclic) bond motifs is 2. The number of nitrogens with zero attached hydrogens (tertiary/aromatic N) is 10. The first-order valence-electron chi connectivity index (χ1n) is 21.1. The van der Waals surface area contributed by atoms with E-state index in [0.717, 1.165) is 112 Å². The van der Waals surface area contributed by atoms with Crippen molar-refractivity contribution in [3.63, 3.8) is 0 Å². The number of amides is 3. The van der Waals surface area contributed by atoms with E-state index in [1.807, 2.05) is 36.1 Å². The number of nitrogens with one attached hydrogen (secondary N) is 2. The topological polar surface area (TPSA) is 167 Å². The number of rotatable bonds is 10. The van der Waals surface area contributed by atoms with Gasteiger partial charge in [-0.05, 0) is 88.2 Å². The van der Waals surface area contributed by atoms with Gasteiger partial charge in [-0.25, -0.2) is 14.8 Å². The van der Waals surface area contributed by atoms with Crippen molar-refractivity contribution in [2.24, 2.45) is 13.0 Å². The van der Waals surface area contributed by atoms with Gasteiger partial charge >= 0.3 is 6.03 Å². The minimum Gasteiger partial charge on any atom is -0.370 e. The second-order valence-corrected chi connectivity index (χ2v) is 16.6. The number of hydrogen-bond donors (Lipinski definition) is 2. The molecule has 7 heterocycles. The zero-order chi connectivity index (χ0) is 40.8. The molecule has 3 aliphatic heterocycles. The molecule has 1 saturated carbocycles. The van der Waals surface area contributed by atoms with Gasteiger partial charge in [-0.15, -0.1) is 0 Å². The Morgan fingerprint density at radius 1 is 0.881 bits per heavy atom. The minimum atomic E-state index is -0.418. The molecular formula is C43H52N12O4. The van der Waals surface area contributed by atoms with Crippen molar-refractivity contribution in [1.82, 2.24) is 39.5 Å². The number of carbonyl (C=O) groups is 3. The number of aryl methyl sites for hydroxylation is 2. The van der Waals surface area contributed by atoms with Gasteiger partial charge in [-0.1, -0.05) is 18.9 Å². The van der Waals surface area contributed by atoms with Crippen LogP contribution in [-0.4, -0.2) is 104 Å². The summed E-state index contributed by atoms with van der Waals surface area (Å²) < 4.78 is 3.59. The first-order chi connectivity index (χ1) is 28.6. The number of imide groups is 1. The monoisotopic (exact) mass is 800 g/mol. The van der Waals surface area contributed by atoms with E-state index in [1.165, 1.54) is 13.3 Å². The Balaban J connectivity index is 0.772. The zero-order valence-corrected chi connectivity index (χ0v) is 34.1. The van der Waals surface area contributed by atoms with Gasteiger partial charge < -0.3 is 15.1 Å². The number of para-hydroxylation sites is 1. The number of urea groups is 1. The number of anilines is 5. The highest BCUT2D eigenvalue weighted by Crippen LogP contribution is 2.36. The van der Waals surface area contributed by atoms with Gasteiger partial charge in [0, 0.05) is 82.3 Å². The molecule has 308 valence electrons. The molecule has 0 unspecified atom stereocenters. The highest BCUT2D eigenvalue weighted by Gasteiger charge is 2.31. The average molecular weight is 801 g/mol. The molecule has 16 nitrogen and oxygen atoms in total. The fraction of sp³-hybridized carbons (Fsp3) is 0.488. The van der Waals surface area contributed by atoms with Crippen molar-refractivity contribution in [2.75, 3.05) is 72.4 Å². The molecule has 2 N–H and O–H groups in total. The van der Waals surface area contributed by atoms with E-state index in [-0.39, 0.29) is 35.3 Å². The van der Waals surface area contributed by atoms with Crippen molar-refractivity contribution in [1.29, 1.82) is 0 Å². The lowest BCUT2D eigenvalue weighted by Crippen LogP contribution is -2.49. The van der Waals surface area contributed by atoms with Crippen LogP contribution in [0.1, 0.15) is 80.3 Å². The van der Waals surface area contributed by atoms with E-state index in [4.69, 9.17) is 15.1 Å². The number of piperidine rings is 1. The molecule has 0 atom stereocenters. The van der Waals surface area contributed by atoms with Gasteiger partial charge in [-0.2, -0.15) is 10.1 Å². The van der Waals surface area contributed by atoms with E-state index in [0.29, 0.717) is 41.3 Å². The van der Waals surface area contributed by atoms with Crippen LogP contribution in [0.15, 0.2) is 47.5 Å². The molecule has 3 amide bonds. The van der Waals surface area contributed by atoms with Gasteiger partial charge in [0.2, 0.25) is 11.9 Å².